The Bertz CT molecular complexity index is 927. The van der Waals surface area contributed by atoms with Crippen LogP contribution in [0.1, 0.15) is 31.5 Å². The maximum atomic E-state index is 8.20. The average Bonchev–Trinajstić information content (AvgIpc) is 3.30. The molecule has 0 saturated carbocycles. The molecule has 1 aliphatic rings. The lowest BCUT2D eigenvalue weighted by Gasteiger charge is -2.22. The Hall–Kier alpha value is -3.10. The van der Waals surface area contributed by atoms with Crippen LogP contribution in [0.5, 0.6) is 0 Å². The first-order chi connectivity index (χ1) is 16.9. The average molecular weight is 487 g/mol. The highest BCUT2D eigenvalue weighted by atomic mass is 16.5. The van der Waals surface area contributed by atoms with Crippen LogP contribution in [-0.4, -0.2) is 48.8 Å². The maximum Gasteiger partial charge on any atom is 0.243 e. The van der Waals surface area contributed by atoms with Gasteiger partial charge in [-0.1, -0.05) is 12.1 Å². The molecule has 0 amide bonds. The quantitative estimate of drug-likeness (QED) is 0.248. The number of pyridine rings is 2. The van der Waals surface area contributed by atoms with E-state index >= 15 is 0 Å². The molecule has 1 saturated heterocycles. The molecule has 1 aliphatic heterocycles. The van der Waals surface area contributed by atoms with Gasteiger partial charge < -0.3 is 14.8 Å². The van der Waals surface area contributed by atoms with E-state index in [1.807, 2.05) is 77.8 Å². The first kappa shape index (κ1) is 29.9. The summed E-state index contributed by atoms with van der Waals surface area (Å²) in [5.41, 5.74) is 2.17. The number of ether oxygens (including phenoxy) is 1. The second-order valence-corrected chi connectivity index (χ2v) is 8.54. The number of nitrogens with zero attached hydrogens (tertiary/aromatic N) is 5. The first-order valence-electron chi connectivity index (χ1n) is 12.4. The highest BCUT2D eigenvalue weighted by Gasteiger charge is 2.11. The smallest absolute Gasteiger partial charge is 0.243 e. The number of rotatable bonds is 4. The minimum Gasteiger partial charge on any atom is -0.411 e. The van der Waals surface area contributed by atoms with Gasteiger partial charge in [-0.25, -0.2) is 18.3 Å². The highest BCUT2D eigenvalue weighted by molar-refractivity contribution is 5.74. The van der Waals surface area contributed by atoms with Gasteiger partial charge in [0.05, 0.1) is 33.4 Å². The van der Waals surface area contributed by atoms with Crippen LogP contribution in [0.2, 0.25) is 0 Å². The SMILES string of the molecule is CCC[NH+]1CCOCC1.CCn1cc[n+](C)c1.C[n+]1ccccc1C=NO.Cc1cc[n+](C)cc1. The minimum absolute atomic E-state index is 0.866. The topological polar surface area (TPSA) is 62.8 Å². The molecular weight excluding hydrogens is 440 g/mol. The summed E-state index contributed by atoms with van der Waals surface area (Å²) in [6.45, 7) is 13.2. The van der Waals surface area contributed by atoms with Crippen molar-refractivity contribution in [1.29, 1.82) is 0 Å². The zero-order valence-electron chi connectivity index (χ0n) is 22.5. The van der Waals surface area contributed by atoms with Crippen molar-refractivity contribution in [3.63, 3.8) is 0 Å². The van der Waals surface area contributed by atoms with E-state index in [2.05, 4.69) is 55.2 Å². The number of aromatic nitrogens is 4. The minimum atomic E-state index is 0.866. The van der Waals surface area contributed by atoms with Crippen LogP contribution < -0.4 is 18.6 Å². The number of hydrogen-bond acceptors (Lipinski definition) is 3. The predicted octanol–water partition coefficient (Wildman–Crippen LogP) is 0.783. The Balaban J connectivity index is 0.000000234. The van der Waals surface area contributed by atoms with E-state index in [0.717, 1.165) is 25.5 Å². The second kappa shape index (κ2) is 18.3. The van der Waals surface area contributed by atoms with Gasteiger partial charge in [-0.3, -0.25) is 0 Å². The normalized spacial score (nSPS) is 13.1. The molecule has 1 fully saturated rings. The third-order valence-corrected chi connectivity index (χ3v) is 5.42. The van der Waals surface area contributed by atoms with Crippen LogP contribution in [0.25, 0.3) is 0 Å². The molecule has 192 valence electrons. The molecule has 35 heavy (non-hydrogen) atoms. The van der Waals surface area contributed by atoms with Gasteiger partial charge in [-0.05, 0) is 31.9 Å². The van der Waals surface area contributed by atoms with Crippen LogP contribution in [0.15, 0.2) is 72.8 Å². The largest absolute Gasteiger partial charge is 0.411 e. The van der Waals surface area contributed by atoms with Crippen LogP contribution in [0, 0.1) is 6.92 Å². The van der Waals surface area contributed by atoms with Crippen LogP contribution in [0.4, 0.5) is 0 Å². The van der Waals surface area contributed by atoms with Gasteiger partial charge in [0, 0.05) is 24.3 Å². The summed E-state index contributed by atoms with van der Waals surface area (Å²) < 4.78 is 13.3. The number of morpholine rings is 1. The molecule has 2 N–H and O–H groups in total. The lowest BCUT2D eigenvalue weighted by atomic mass is 10.3. The summed E-state index contributed by atoms with van der Waals surface area (Å²) in [7, 11) is 5.92. The molecular formula is C27H46N6O2+4. The van der Waals surface area contributed by atoms with Gasteiger partial charge in [0.1, 0.15) is 45.8 Å². The number of aryl methyl sites for hydroxylation is 5. The number of imidazole rings is 1. The maximum absolute atomic E-state index is 8.20. The molecule has 8 heteroatoms. The second-order valence-electron chi connectivity index (χ2n) is 8.54. The number of oxime groups is 1. The van der Waals surface area contributed by atoms with Crippen molar-refractivity contribution >= 4 is 6.21 Å². The fourth-order valence-electron chi connectivity index (χ4n) is 3.26. The van der Waals surface area contributed by atoms with E-state index in [1.165, 1.54) is 37.8 Å². The standard InChI is InChI=1S/C7H8N2O.C7H15NO.C7H10N.C6H11N2/c1-9-5-3-2-4-7(9)6-8-10;1-2-3-8-4-6-9-7-5-8;1-7-3-5-8(2)6-4-7;1-3-8-5-4-7(2)6-8/h2-6H,1H3;2-7H2,1H3;3-6H,1-2H3;4-6H,3H2,1-2H3/q;;2*+1/p+2. The molecule has 3 aromatic rings. The molecule has 3 aromatic heterocycles. The summed E-state index contributed by atoms with van der Waals surface area (Å²) in [6.07, 6.45) is 14.8. The zero-order chi connectivity index (χ0) is 25.9. The van der Waals surface area contributed by atoms with Crippen molar-refractivity contribution in [3.05, 3.63) is 78.9 Å². The van der Waals surface area contributed by atoms with Crippen LogP contribution in [0.3, 0.4) is 0 Å². The van der Waals surface area contributed by atoms with Crippen molar-refractivity contribution in [2.24, 2.45) is 26.3 Å². The van der Waals surface area contributed by atoms with Gasteiger partial charge in [0.2, 0.25) is 12.0 Å². The van der Waals surface area contributed by atoms with Gasteiger partial charge >= 0.3 is 0 Å². The molecule has 4 rings (SSSR count). The molecule has 0 bridgehead atoms. The fourth-order valence-corrected chi connectivity index (χ4v) is 3.26. The van der Waals surface area contributed by atoms with E-state index in [0.29, 0.717) is 0 Å². The Kier molecular flexibility index (Phi) is 15.6. The lowest BCUT2D eigenvalue weighted by Crippen LogP contribution is -3.14. The predicted molar refractivity (Wildman–Crippen MR) is 137 cm³/mol. The number of nitrogens with one attached hydrogen (secondary N) is 1. The van der Waals surface area contributed by atoms with Crippen molar-refractivity contribution in [1.82, 2.24) is 4.57 Å². The molecule has 0 aliphatic carbocycles. The van der Waals surface area contributed by atoms with Crippen molar-refractivity contribution < 1.29 is 28.5 Å². The van der Waals surface area contributed by atoms with E-state index < -0.39 is 0 Å². The summed E-state index contributed by atoms with van der Waals surface area (Å²) in [6, 6.07) is 9.82. The number of hydrogen-bond donors (Lipinski definition) is 2. The van der Waals surface area contributed by atoms with Crippen LogP contribution in [-0.2, 0) is 32.4 Å². The monoisotopic (exact) mass is 486 g/mol. The molecule has 0 unspecified atom stereocenters. The van der Waals surface area contributed by atoms with E-state index in [9.17, 15) is 0 Å². The highest BCUT2D eigenvalue weighted by Crippen LogP contribution is 1.87. The Morgan fingerprint density at radius 3 is 2.14 bits per heavy atom. The van der Waals surface area contributed by atoms with Gasteiger partial charge in [-0.2, -0.15) is 0 Å². The van der Waals surface area contributed by atoms with Gasteiger partial charge in [-0.15, -0.1) is 0 Å². The van der Waals surface area contributed by atoms with E-state index in [-0.39, 0.29) is 0 Å². The van der Waals surface area contributed by atoms with Crippen molar-refractivity contribution in [2.45, 2.75) is 33.7 Å². The van der Waals surface area contributed by atoms with Gasteiger partial charge in [0.25, 0.3) is 0 Å². The summed E-state index contributed by atoms with van der Waals surface area (Å²) >= 11 is 0. The van der Waals surface area contributed by atoms with Crippen molar-refractivity contribution in [3.8, 4) is 0 Å². The zero-order valence-corrected chi connectivity index (χ0v) is 22.5. The molecule has 0 radical (unpaired) electrons. The molecule has 4 heterocycles. The summed E-state index contributed by atoms with van der Waals surface area (Å²) in [5, 5.41) is 11.1. The Morgan fingerprint density at radius 2 is 1.69 bits per heavy atom. The first-order valence-corrected chi connectivity index (χ1v) is 12.4. The molecule has 0 atom stereocenters. The molecule has 8 nitrogen and oxygen atoms in total. The lowest BCUT2D eigenvalue weighted by molar-refractivity contribution is -0.908. The Labute approximate surface area is 211 Å². The summed E-state index contributed by atoms with van der Waals surface area (Å²) in [5.74, 6) is 0. The van der Waals surface area contributed by atoms with Gasteiger partial charge in [0.15, 0.2) is 18.6 Å². The fraction of sp³-hybridized carbons (Fsp3) is 0.481. The molecule has 0 spiro atoms. The van der Waals surface area contributed by atoms with E-state index in [4.69, 9.17) is 9.94 Å². The third-order valence-electron chi connectivity index (χ3n) is 5.42. The Morgan fingerprint density at radius 1 is 1.00 bits per heavy atom. The molecule has 0 aromatic carbocycles. The van der Waals surface area contributed by atoms with Crippen molar-refractivity contribution in [2.75, 3.05) is 32.8 Å². The third kappa shape index (κ3) is 14.0. The summed E-state index contributed by atoms with van der Waals surface area (Å²) in [4.78, 5) is 1.71. The number of quaternary nitrogens is 1. The van der Waals surface area contributed by atoms with Crippen LogP contribution >= 0.6 is 0 Å². The van der Waals surface area contributed by atoms with E-state index in [1.54, 1.807) is 4.90 Å².